The molecule has 3 N–H and O–H groups in total. The summed E-state index contributed by atoms with van der Waals surface area (Å²) in [6, 6.07) is 0.493. The lowest BCUT2D eigenvalue weighted by Crippen LogP contribution is -2.26. The van der Waals surface area contributed by atoms with E-state index in [9.17, 15) is 4.79 Å². The minimum Gasteiger partial charge on any atom is -0.366 e. The van der Waals surface area contributed by atoms with E-state index in [0.717, 1.165) is 28.8 Å². The number of nitrogens with one attached hydrogen (secondary N) is 3. The molecular weight excluding hydrogens is 336 g/mol. The molecule has 0 atom stereocenters. The lowest BCUT2D eigenvalue weighted by molar-refractivity contribution is 0.0953. The van der Waals surface area contributed by atoms with Gasteiger partial charge in [0.05, 0.1) is 11.1 Å². The zero-order valence-corrected chi connectivity index (χ0v) is 15.5. The highest BCUT2D eigenvalue weighted by Crippen LogP contribution is 2.30. The van der Waals surface area contributed by atoms with E-state index in [1.807, 2.05) is 13.1 Å². The summed E-state index contributed by atoms with van der Waals surface area (Å²) in [5, 5.41) is 7.64. The molecule has 136 valence electrons. The van der Waals surface area contributed by atoms with Crippen molar-refractivity contribution in [3.63, 3.8) is 0 Å². The maximum absolute atomic E-state index is 12.6. The average molecular weight is 363 g/mol. The van der Waals surface area contributed by atoms with Crippen LogP contribution in [0, 0.1) is 12.8 Å². The van der Waals surface area contributed by atoms with Gasteiger partial charge in [-0.2, -0.15) is 0 Å². The molecule has 4 rings (SSSR count). The zero-order valence-electron chi connectivity index (χ0n) is 14.7. The molecule has 0 aliphatic heterocycles. The Morgan fingerprint density at radius 3 is 2.72 bits per heavy atom. The SMILES string of the molecule is Cc1c[nH]c2c(NC3CCCCC3)ncc(C(=O)NCC3CC3)c12.Cl. The first-order chi connectivity index (χ1) is 11.7. The third-order valence-electron chi connectivity index (χ3n) is 5.35. The first kappa shape index (κ1) is 18.1. The molecule has 5 nitrogen and oxygen atoms in total. The number of carbonyl (C=O) groups is 1. The summed E-state index contributed by atoms with van der Waals surface area (Å²) in [6.45, 7) is 2.83. The third kappa shape index (κ3) is 3.92. The van der Waals surface area contributed by atoms with Gasteiger partial charge in [0.25, 0.3) is 5.91 Å². The molecule has 0 saturated heterocycles. The van der Waals surface area contributed by atoms with Crippen molar-refractivity contribution in [1.29, 1.82) is 0 Å². The van der Waals surface area contributed by atoms with Gasteiger partial charge in [-0.3, -0.25) is 4.79 Å². The highest BCUT2D eigenvalue weighted by Gasteiger charge is 2.24. The maximum atomic E-state index is 12.6. The van der Waals surface area contributed by atoms with Crippen LogP contribution in [0.15, 0.2) is 12.4 Å². The molecular formula is C19H27ClN4O. The quantitative estimate of drug-likeness (QED) is 0.747. The normalized spacial score (nSPS) is 18.0. The molecule has 2 saturated carbocycles. The molecule has 0 bridgehead atoms. The maximum Gasteiger partial charge on any atom is 0.253 e. The fraction of sp³-hybridized carbons (Fsp3) is 0.579. The molecule has 2 aromatic heterocycles. The number of rotatable bonds is 5. The number of halogens is 1. The van der Waals surface area contributed by atoms with Crippen LogP contribution in [0.1, 0.15) is 60.9 Å². The van der Waals surface area contributed by atoms with Crippen LogP contribution >= 0.6 is 12.4 Å². The van der Waals surface area contributed by atoms with Gasteiger partial charge in [-0.15, -0.1) is 12.4 Å². The summed E-state index contributed by atoms with van der Waals surface area (Å²) in [5.74, 6) is 1.55. The van der Waals surface area contributed by atoms with E-state index in [4.69, 9.17) is 0 Å². The molecule has 0 unspecified atom stereocenters. The number of nitrogens with zero attached hydrogens (tertiary/aromatic N) is 1. The van der Waals surface area contributed by atoms with Crippen molar-refractivity contribution in [2.75, 3.05) is 11.9 Å². The van der Waals surface area contributed by atoms with Gasteiger partial charge >= 0.3 is 0 Å². The number of aryl methyl sites for hydroxylation is 1. The number of hydrogen-bond donors (Lipinski definition) is 3. The number of H-pyrrole nitrogens is 1. The van der Waals surface area contributed by atoms with Crippen molar-refractivity contribution in [1.82, 2.24) is 15.3 Å². The first-order valence-electron chi connectivity index (χ1n) is 9.24. The summed E-state index contributed by atoms with van der Waals surface area (Å²) < 4.78 is 0. The molecule has 1 amide bonds. The minimum absolute atomic E-state index is 0. The second-order valence-corrected chi connectivity index (χ2v) is 7.37. The second kappa shape index (κ2) is 7.65. The monoisotopic (exact) mass is 362 g/mol. The lowest BCUT2D eigenvalue weighted by atomic mass is 9.95. The molecule has 2 aliphatic rings. The van der Waals surface area contributed by atoms with Crippen LogP contribution in [0.5, 0.6) is 0 Å². The largest absolute Gasteiger partial charge is 0.366 e. The third-order valence-corrected chi connectivity index (χ3v) is 5.35. The van der Waals surface area contributed by atoms with Crippen molar-refractivity contribution in [3.05, 3.63) is 23.5 Å². The molecule has 0 spiro atoms. The minimum atomic E-state index is -0.00804. The van der Waals surface area contributed by atoms with Crippen LogP contribution in [-0.4, -0.2) is 28.5 Å². The van der Waals surface area contributed by atoms with Crippen molar-refractivity contribution in [2.24, 2.45) is 5.92 Å². The number of carbonyl (C=O) groups excluding carboxylic acids is 1. The Hall–Kier alpha value is -1.75. The van der Waals surface area contributed by atoms with Gasteiger partial charge < -0.3 is 15.6 Å². The predicted octanol–water partition coefficient (Wildman–Crippen LogP) is 4.18. The Kier molecular flexibility index (Phi) is 5.52. The van der Waals surface area contributed by atoms with Crippen molar-refractivity contribution < 1.29 is 4.79 Å². The number of aromatic amines is 1. The average Bonchev–Trinajstić information content (AvgIpc) is 3.36. The van der Waals surface area contributed by atoms with E-state index in [0.29, 0.717) is 17.5 Å². The van der Waals surface area contributed by atoms with Crippen LogP contribution < -0.4 is 10.6 Å². The van der Waals surface area contributed by atoms with E-state index in [-0.39, 0.29) is 18.3 Å². The molecule has 2 heterocycles. The van der Waals surface area contributed by atoms with Crippen LogP contribution in [0.25, 0.3) is 10.9 Å². The highest BCUT2D eigenvalue weighted by atomic mass is 35.5. The summed E-state index contributed by atoms with van der Waals surface area (Å²) in [4.78, 5) is 20.4. The number of hydrogen-bond acceptors (Lipinski definition) is 3. The summed E-state index contributed by atoms with van der Waals surface area (Å²) in [6.07, 6.45) is 12.5. The summed E-state index contributed by atoms with van der Waals surface area (Å²) in [5.41, 5.74) is 2.73. The summed E-state index contributed by atoms with van der Waals surface area (Å²) >= 11 is 0. The van der Waals surface area contributed by atoms with Gasteiger partial charge in [0, 0.05) is 30.4 Å². The van der Waals surface area contributed by atoms with Gasteiger partial charge in [-0.05, 0) is 44.1 Å². The Morgan fingerprint density at radius 1 is 1.24 bits per heavy atom. The fourth-order valence-corrected chi connectivity index (χ4v) is 3.69. The number of fused-ring (bicyclic) bond motifs is 1. The molecule has 2 aromatic rings. The molecule has 2 aliphatic carbocycles. The highest BCUT2D eigenvalue weighted by molar-refractivity contribution is 6.09. The zero-order chi connectivity index (χ0) is 16.5. The summed E-state index contributed by atoms with van der Waals surface area (Å²) in [7, 11) is 0. The van der Waals surface area contributed by atoms with Crippen LogP contribution in [0.3, 0.4) is 0 Å². The Morgan fingerprint density at radius 2 is 2.00 bits per heavy atom. The van der Waals surface area contributed by atoms with Gasteiger partial charge in [-0.1, -0.05) is 19.3 Å². The van der Waals surface area contributed by atoms with Crippen molar-refractivity contribution in [2.45, 2.75) is 57.9 Å². The predicted molar refractivity (Wildman–Crippen MR) is 104 cm³/mol. The molecule has 6 heteroatoms. The van der Waals surface area contributed by atoms with Crippen LogP contribution in [-0.2, 0) is 0 Å². The van der Waals surface area contributed by atoms with Gasteiger partial charge in [0.15, 0.2) is 5.82 Å². The number of amides is 1. The second-order valence-electron chi connectivity index (χ2n) is 7.37. The van der Waals surface area contributed by atoms with Crippen molar-refractivity contribution >= 4 is 35.0 Å². The van der Waals surface area contributed by atoms with Gasteiger partial charge in [0.1, 0.15) is 0 Å². The molecule has 0 radical (unpaired) electrons. The van der Waals surface area contributed by atoms with Crippen LogP contribution in [0.2, 0.25) is 0 Å². The molecule has 0 aromatic carbocycles. The van der Waals surface area contributed by atoms with E-state index in [1.165, 1.54) is 44.9 Å². The van der Waals surface area contributed by atoms with Gasteiger partial charge in [0.2, 0.25) is 0 Å². The number of aromatic nitrogens is 2. The van der Waals surface area contributed by atoms with E-state index < -0.39 is 0 Å². The Balaban J connectivity index is 0.00000182. The standard InChI is InChI=1S/C19H26N4O.ClH/c1-12-9-20-17-16(12)15(19(24)22-10-13-7-8-13)11-21-18(17)23-14-5-3-2-4-6-14;/h9,11,13-14,20H,2-8,10H2,1H3,(H,21,23)(H,22,24);1H. The Labute approximate surface area is 154 Å². The Bertz CT molecular complexity index is 747. The molecule has 2 fully saturated rings. The first-order valence-corrected chi connectivity index (χ1v) is 9.24. The topological polar surface area (TPSA) is 69.8 Å². The van der Waals surface area contributed by atoms with Gasteiger partial charge in [-0.25, -0.2) is 4.98 Å². The van der Waals surface area contributed by atoms with E-state index in [2.05, 4.69) is 20.6 Å². The smallest absolute Gasteiger partial charge is 0.253 e. The fourth-order valence-electron chi connectivity index (χ4n) is 3.69. The number of pyridine rings is 1. The van der Waals surface area contributed by atoms with Crippen molar-refractivity contribution in [3.8, 4) is 0 Å². The lowest BCUT2D eigenvalue weighted by Gasteiger charge is -2.23. The molecule has 25 heavy (non-hydrogen) atoms. The number of anilines is 1. The van der Waals surface area contributed by atoms with E-state index >= 15 is 0 Å². The van der Waals surface area contributed by atoms with Crippen LogP contribution in [0.4, 0.5) is 5.82 Å². The van der Waals surface area contributed by atoms with E-state index in [1.54, 1.807) is 6.20 Å².